The molecule has 19 heavy (non-hydrogen) atoms. The second-order valence-corrected chi connectivity index (χ2v) is 2.32. The molecule has 0 N–H and O–H groups in total. The summed E-state index contributed by atoms with van der Waals surface area (Å²) in [5.41, 5.74) is 0. The Morgan fingerprint density at radius 1 is 0.579 bits per heavy atom. The molecule has 0 aromatic rings. The van der Waals surface area contributed by atoms with Crippen LogP contribution in [0, 0.1) is 0 Å². The minimum atomic E-state index is -1.63. The Hall–Kier alpha value is -1.74. The van der Waals surface area contributed by atoms with E-state index in [-0.39, 0.29) is 21.7 Å². The molecule has 106 valence electrons. The molecule has 0 bridgehead atoms. The number of carboxylic acids is 4. The van der Waals surface area contributed by atoms with Gasteiger partial charge in [-0.1, -0.05) is 0 Å². The first-order valence-electron chi connectivity index (χ1n) is 4.09. The Morgan fingerprint density at radius 2 is 0.632 bits per heavy atom. The van der Waals surface area contributed by atoms with Crippen LogP contribution < -0.4 is 20.4 Å². The molecule has 10 heteroatoms. The fourth-order valence-corrected chi connectivity index (χ4v) is 0. The number of rotatable bonds is 1. The van der Waals surface area contributed by atoms with Crippen LogP contribution in [-0.4, -0.2) is 29.7 Å². The third-order valence-electron chi connectivity index (χ3n) is 0.287. The first-order valence-corrected chi connectivity index (χ1v) is 4.09. The molecule has 0 aromatic heterocycles. The molecule has 0 rings (SSSR count). The van der Waals surface area contributed by atoms with Crippen molar-refractivity contribution in [2.24, 2.45) is 0 Å². The van der Waals surface area contributed by atoms with E-state index in [2.05, 4.69) is 0 Å². The van der Waals surface area contributed by atoms with Gasteiger partial charge in [0.1, 0.15) is 5.97 Å². The van der Waals surface area contributed by atoms with Gasteiger partial charge in [0, 0.05) is 24.8 Å². The maximum absolute atomic E-state index is 9.48. The minimum absolute atomic E-state index is 0. The minimum Gasteiger partial charge on any atom is -0.550 e. The SMILES string of the molecule is CC(=O)C(=O)[O-].CC(=O)[O-].CC(=O)[O-].CC(=O)[O-].[Ti+4]. The van der Waals surface area contributed by atoms with Crippen LogP contribution in [0.4, 0.5) is 0 Å². The van der Waals surface area contributed by atoms with Gasteiger partial charge in [-0.3, -0.25) is 4.79 Å². The van der Waals surface area contributed by atoms with E-state index in [9.17, 15) is 14.7 Å². The Morgan fingerprint density at radius 3 is 0.632 bits per heavy atom. The standard InChI is InChI=1S/C3H4O3.3C2H4O2.Ti/c1-2(4)3(5)6;3*1-2(3)4;/h1H3,(H,5,6);3*1H3,(H,3,4);/q;;;;+4/p-4. The summed E-state index contributed by atoms with van der Waals surface area (Å²) in [7, 11) is 0. The Labute approximate surface area is 124 Å². The summed E-state index contributed by atoms with van der Waals surface area (Å²) >= 11 is 0. The van der Waals surface area contributed by atoms with E-state index in [4.69, 9.17) is 29.7 Å². The molecule has 0 aromatic carbocycles. The van der Waals surface area contributed by atoms with E-state index in [0.29, 0.717) is 0 Å². The Bertz CT molecular complexity index is 246. The van der Waals surface area contributed by atoms with Gasteiger partial charge in [0.25, 0.3) is 0 Å². The summed E-state index contributed by atoms with van der Waals surface area (Å²) in [6.07, 6.45) is 0. The average Bonchev–Trinajstić information content (AvgIpc) is 1.99. The molecule has 0 amide bonds. The number of ketones is 1. The van der Waals surface area contributed by atoms with Gasteiger partial charge in [-0.05, 0) is 20.8 Å². The Kier molecular flexibility index (Phi) is 34.4. The van der Waals surface area contributed by atoms with Gasteiger partial charge in [0.2, 0.25) is 0 Å². The average molecular weight is 312 g/mol. The molecular weight excluding hydrogens is 300 g/mol. The molecule has 0 saturated carbocycles. The summed E-state index contributed by atoms with van der Waals surface area (Å²) in [5.74, 6) is -5.81. The van der Waals surface area contributed by atoms with Crippen LogP contribution in [0.15, 0.2) is 0 Å². The topological polar surface area (TPSA) is 178 Å². The third kappa shape index (κ3) is 645. The molecule has 0 atom stereocenters. The van der Waals surface area contributed by atoms with E-state index in [1.807, 2.05) is 0 Å². The largest absolute Gasteiger partial charge is 4.00 e. The van der Waals surface area contributed by atoms with Gasteiger partial charge in [0.15, 0.2) is 5.78 Å². The summed E-state index contributed by atoms with van der Waals surface area (Å²) in [5, 5.41) is 35.9. The van der Waals surface area contributed by atoms with Crippen molar-refractivity contribution in [2.45, 2.75) is 27.7 Å². The van der Waals surface area contributed by atoms with Gasteiger partial charge >= 0.3 is 21.7 Å². The summed E-state index contributed by atoms with van der Waals surface area (Å²) in [6, 6.07) is 0. The molecule has 0 aliphatic rings. The summed E-state index contributed by atoms with van der Waals surface area (Å²) in [4.78, 5) is 45.4. The molecule has 0 radical (unpaired) electrons. The quantitative estimate of drug-likeness (QED) is 0.337. The van der Waals surface area contributed by atoms with Gasteiger partial charge in [0.05, 0.1) is 0 Å². The molecule has 0 heterocycles. The zero-order chi connectivity index (χ0) is 15.9. The summed E-state index contributed by atoms with van der Waals surface area (Å²) in [6.45, 7) is 3.86. The number of hydrogen-bond acceptors (Lipinski definition) is 9. The van der Waals surface area contributed by atoms with Crippen LogP contribution in [0.25, 0.3) is 0 Å². The van der Waals surface area contributed by atoms with Crippen LogP contribution in [0.3, 0.4) is 0 Å². The smallest absolute Gasteiger partial charge is 0.550 e. The van der Waals surface area contributed by atoms with Gasteiger partial charge in [-0.15, -0.1) is 0 Å². The molecule has 0 saturated heterocycles. The van der Waals surface area contributed by atoms with Gasteiger partial charge in [-0.2, -0.15) is 0 Å². The second-order valence-electron chi connectivity index (χ2n) is 2.32. The van der Waals surface area contributed by atoms with Crippen molar-refractivity contribution in [3.05, 3.63) is 0 Å². The van der Waals surface area contributed by atoms with Crippen LogP contribution in [0.1, 0.15) is 27.7 Å². The van der Waals surface area contributed by atoms with E-state index in [1.54, 1.807) is 0 Å². The molecule has 9 nitrogen and oxygen atoms in total. The van der Waals surface area contributed by atoms with Gasteiger partial charge < -0.3 is 39.6 Å². The number of hydrogen-bond donors (Lipinski definition) is 0. The monoisotopic (exact) mass is 312 g/mol. The molecule has 0 unspecified atom stereocenters. The van der Waals surface area contributed by atoms with Crippen molar-refractivity contribution in [3.63, 3.8) is 0 Å². The van der Waals surface area contributed by atoms with Crippen molar-refractivity contribution in [2.75, 3.05) is 0 Å². The number of carboxylic acid groups (broad SMARTS) is 4. The molecular formula is C9H12O9Ti. The van der Waals surface area contributed by atoms with E-state index in [0.717, 1.165) is 27.7 Å². The van der Waals surface area contributed by atoms with Gasteiger partial charge in [-0.25, -0.2) is 0 Å². The number of carbonyl (C=O) groups excluding carboxylic acids is 5. The predicted molar refractivity (Wildman–Crippen MR) is 47.7 cm³/mol. The second kappa shape index (κ2) is 21.5. The van der Waals surface area contributed by atoms with Crippen LogP contribution in [0.5, 0.6) is 0 Å². The van der Waals surface area contributed by atoms with E-state index < -0.39 is 29.7 Å². The van der Waals surface area contributed by atoms with Crippen LogP contribution >= 0.6 is 0 Å². The van der Waals surface area contributed by atoms with E-state index in [1.165, 1.54) is 0 Å². The van der Waals surface area contributed by atoms with Crippen LogP contribution in [0.2, 0.25) is 0 Å². The summed E-state index contributed by atoms with van der Waals surface area (Å²) < 4.78 is 0. The first-order chi connectivity index (χ1) is 7.84. The maximum Gasteiger partial charge on any atom is 4.00 e. The van der Waals surface area contributed by atoms with Crippen molar-refractivity contribution < 1.29 is 66.1 Å². The molecule has 0 spiro atoms. The molecule has 0 aliphatic carbocycles. The van der Waals surface area contributed by atoms with E-state index >= 15 is 0 Å². The van der Waals surface area contributed by atoms with Crippen molar-refractivity contribution >= 4 is 29.7 Å². The van der Waals surface area contributed by atoms with Crippen molar-refractivity contribution in [3.8, 4) is 0 Å². The number of carbonyl (C=O) groups is 5. The Balaban J connectivity index is -0.0000000459. The fraction of sp³-hybridized carbons (Fsp3) is 0.444. The van der Waals surface area contributed by atoms with Crippen LogP contribution in [-0.2, 0) is 45.7 Å². The normalized spacial score (nSPS) is 6.32. The molecule has 0 fully saturated rings. The predicted octanol–water partition coefficient (Wildman–Crippen LogP) is -5.41. The number of Topliss-reactive ketones (excluding diaryl/α,β-unsaturated/α-hetero) is 1. The maximum atomic E-state index is 9.48. The number of aliphatic carboxylic acids is 4. The fourth-order valence-electron chi connectivity index (χ4n) is 0. The zero-order valence-corrected chi connectivity index (χ0v) is 12.2. The third-order valence-corrected chi connectivity index (χ3v) is 0.287. The molecule has 0 aliphatic heterocycles. The van der Waals surface area contributed by atoms with Crippen molar-refractivity contribution in [1.82, 2.24) is 0 Å². The zero-order valence-electron chi connectivity index (χ0n) is 10.7. The van der Waals surface area contributed by atoms with Crippen molar-refractivity contribution in [1.29, 1.82) is 0 Å². The first kappa shape index (κ1) is 30.4.